The summed E-state index contributed by atoms with van der Waals surface area (Å²) in [5, 5.41) is 12.4. The van der Waals surface area contributed by atoms with Gasteiger partial charge in [-0.1, -0.05) is 42.5 Å². The first-order chi connectivity index (χ1) is 10.8. The molecule has 3 heteroatoms. The predicted molar refractivity (Wildman–Crippen MR) is 86.3 cm³/mol. The van der Waals surface area contributed by atoms with Crippen molar-refractivity contribution in [2.45, 2.75) is 18.8 Å². The van der Waals surface area contributed by atoms with Gasteiger partial charge < -0.3 is 5.32 Å². The Morgan fingerprint density at radius 3 is 2.50 bits per heavy atom. The van der Waals surface area contributed by atoms with E-state index in [1.165, 1.54) is 5.56 Å². The lowest BCUT2D eigenvalue weighted by atomic mass is 9.85. The van der Waals surface area contributed by atoms with Crippen LogP contribution >= 0.6 is 0 Å². The van der Waals surface area contributed by atoms with E-state index in [9.17, 15) is 4.79 Å². The number of rotatable bonds is 3. The highest BCUT2D eigenvalue weighted by molar-refractivity contribution is 5.92. The molecule has 0 unspecified atom stereocenters. The molecular formula is C19H16N2O. The maximum absolute atomic E-state index is 12.0. The third kappa shape index (κ3) is 3.07. The standard InChI is InChI=1S/C19H16N2O/c20-13-15-8-4-5-9-19(15)21-17-10-16(11-18(22)12-17)14-6-2-1-3-7-14/h1-9,12,16,21H,10-11H2/t16-/m0/s1. The zero-order chi connectivity index (χ0) is 15.4. The molecule has 0 aromatic heterocycles. The smallest absolute Gasteiger partial charge is 0.158 e. The number of allylic oxidation sites excluding steroid dienone is 2. The van der Waals surface area contributed by atoms with Gasteiger partial charge in [0.25, 0.3) is 0 Å². The van der Waals surface area contributed by atoms with Gasteiger partial charge in [0.1, 0.15) is 6.07 Å². The number of benzene rings is 2. The minimum absolute atomic E-state index is 0.122. The largest absolute Gasteiger partial charge is 0.358 e. The Labute approximate surface area is 129 Å². The summed E-state index contributed by atoms with van der Waals surface area (Å²) in [5.74, 6) is 0.312. The summed E-state index contributed by atoms with van der Waals surface area (Å²) in [6.45, 7) is 0. The number of hydrogen-bond donors (Lipinski definition) is 1. The lowest BCUT2D eigenvalue weighted by Crippen LogP contribution is -2.17. The van der Waals surface area contributed by atoms with Crippen LogP contribution in [0.1, 0.15) is 29.9 Å². The number of ketones is 1. The van der Waals surface area contributed by atoms with Crippen LogP contribution in [0.3, 0.4) is 0 Å². The summed E-state index contributed by atoms with van der Waals surface area (Å²) in [7, 11) is 0. The van der Waals surface area contributed by atoms with E-state index in [-0.39, 0.29) is 11.7 Å². The molecule has 2 aromatic rings. The number of hydrogen-bond acceptors (Lipinski definition) is 3. The highest BCUT2D eigenvalue weighted by Crippen LogP contribution is 2.32. The summed E-state index contributed by atoms with van der Waals surface area (Å²) in [4.78, 5) is 12.0. The average Bonchev–Trinajstić information content (AvgIpc) is 2.56. The second-order valence-electron chi connectivity index (χ2n) is 5.43. The molecule has 2 aromatic carbocycles. The van der Waals surface area contributed by atoms with Gasteiger partial charge in [-0.15, -0.1) is 0 Å². The van der Waals surface area contributed by atoms with E-state index < -0.39 is 0 Å². The second kappa shape index (κ2) is 6.28. The highest BCUT2D eigenvalue weighted by Gasteiger charge is 2.22. The molecule has 3 rings (SSSR count). The van der Waals surface area contributed by atoms with E-state index in [1.807, 2.05) is 36.4 Å². The van der Waals surface area contributed by atoms with E-state index in [2.05, 4.69) is 23.5 Å². The first kappa shape index (κ1) is 14.1. The van der Waals surface area contributed by atoms with Crippen LogP contribution in [0.4, 0.5) is 5.69 Å². The Morgan fingerprint density at radius 2 is 1.73 bits per heavy atom. The molecule has 22 heavy (non-hydrogen) atoms. The molecular weight excluding hydrogens is 272 g/mol. The molecule has 0 amide bonds. The minimum atomic E-state index is 0.122. The number of nitrogens with zero attached hydrogens (tertiary/aromatic N) is 1. The quantitative estimate of drug-likeness (QED) is 0.928. The van der Waals surface area contributed by atoms with Crippen LogP contribution in [-0.2, 0) is 4.79 Å². The van der Waals surface area contributed by atoms with Gasteiger partial charge in [0.05, 0.1) is 11.3 Å². The van der Waals surface area contributed by atoms with Crippen molar-refractivity contribution >= 4 is 11.5 Å². The van der Waals surface area contributed by atoms with Gasteiger partial charge in [-0.25, -0.2) is 0 Å². The molecule has 0 saturated carbocycles. The normalized spacial score (nSPS) is 17.5. The van der Waals surface area contributed by atoms with Gasteiger partial charge in [-0.2, -0.15) is 5.26 Å². The molecule has 0 aliphatic heterocycles. The molecule has 0 saturated heterocycles. The molecule has 1 aliphatic carbocycles. The fraction of sp³-hybridized carbons (Fsp3) is 0.158. The number of nitrogens with one attached hydrogen (secondary N) is 1. The average molecular weight is 288 g/mol. The first-order valence-corrected chi connectivity index (χ1v) is 7.31. The molecule has 0 fully saturated rings. The Morgan fingerprint density at radius 1 is 1.00 bits per heavy atom. The Kier molecular flexibility index (Phi) is 4.02. The topological polar surface area (TPSA) is 52.9 Å². The van der Waals surface area contributed by atoms with Crippen LogP contribution < -0.4 is 5.32 Å². The van der Waals surface area contributed by atoms with Crippen LogP contribution in [-0.4, -0.2) is 5.78 Å². The SMILES string of the molecule is N#Cc1ccccc1NC1=CC(=O)C[C@@H](c2ccccc2)C1. The molecule has 3 nitrogen and oxygen atoms in total. The Bertz CT molecular complexity index is 757. The molecule has 0 heterocycles. The molecule has 108 valence electrons. The summed E-state index contributed by atoms with van der Waals surface area (Å²) < 4.78 is 0. The van der Waals surface area contributed by atoms with Crippen LogP contribution in [0.15, 0.2) is 66.4 Å². The number of para-hydroxylation sites is 1. The van der Waals surface area contributed by atoms with E-state index in [1.54, 1.807) is 12.1 Å². The zero-order valence-electron chi connectivity index (χ0n) is 12.1. The van der Waals surface area contributed by atoms with Crippen LogP contribution in [0.2, 0.25) is 0 Å². The minimum Gasteiger partial charge on any atom is -0.358 e. The second-order valence-corrected chi connectivity index (χ2v) is 5.43. The molecule has 0 radical (unpaired) electrons. The van der Waals surface area contributed by atoms with Gasteiger partial charge in [-0.05, 0) is 30.0 Å². The number of nitriles is 1. The van der Waals surface area contributed by atoms with Gasteiger partial charge >= 0.3 is 0 Å². The number of carbonyl (C=O) groups is 1. The van der Waals surface area contributed by atoms with Crippen LogP contribution in [0.25, 0.3) is 0 Å². The Hall–Kier alpha value is -2.86. The zero-order valence-corrected chi connectivity index (χ0v) is 12.1. The van der Waals surface area contributed by atoms with Crippen molar-refractivity contribution in [3.63, 3.8) is 0 Å². The molecule has 0 bridgehead atoms. The van der Waals surface area contributed by atoms with Gasteiger partial charge in [-0.3, -0.25) is 4.79 Å². The summed E-state index contributed by atoms with van der Waals surface area (Å²) in [6, 6.07) is 19.6. The third-order valence-corrected chi connectivity index (χ3v) is 3.86. The monoisotopic (exact) mass is 288 g/mol. The van der Waals surface area contributed by atoms with Crippen LogP contribution in [0.5, 0.6) is 0 Å². The van der Waals surface area contributed by atoms with Gasteiger partial charge in [0.15, 0.2) is 5.78 Å². The molecule has 0 spiro atoms. The van der Waals surface area contributed by atoms with Crippen molar-refractivity contribution in [3.05, 3.63) is 77.5 Å². The molecule has 1 atom stereocenters. The highest BCUT2D eigenvalue weighted by atomic mass is 16.1. The van der Waals surface area contributed by atoms with Crippen molar-refractivity contribution in [1.82, 2.24) is 0 Å². The van der Waals surface area contributed by atoms with Crippen molar-refractivity contribution in [3.8, 4) is 6.07 Å². The lowest BCUT2D eigenvalue weighted by Gasteiger charge is -2.23. The van der Waals surface area contributed by atoms with Gasteiger partial charge in [0, 0.05) is 18.2 Å². The number of carbonyl (C=O) groups excluding carboxylic acids is 1. The van der Waals surface area contributed by atoms with E-state index in [0.717, 1.165) is 17.8 Å². The maximum atomic E-state index is 12.0. The van der Waals surface area contributed by atoms with E-state index in [0.29, 0.717) is 12.0 Å². The fourth-order valence-corrected chi connectivity index (χ4v) is 2.80. The van der Waals surface area contributed by atoms with Crippen molar-refractivity contribution in [2.24, 2.45) is 0 Å². The van der Waals surface area contributed by atoms with Crippen LogP contribution in [0, 0.1) is 11.3 Å². The summed E-state index contributed by atoms with van der Waals surface area (Å²) >= 11 is 0. The third-order valence-electron chi connectivity index (χ3n) is 3.86. The maximum Gasteiger partial charge on any atom is 0.158 e. The van der Waals surface area contributed by atoms with Crippen molar-refractivity contribution < 1.29 is 4.79 Å². The van der Waals surface area contributed by atoms with Crippen molar-refractivity contribution in [2.75, 3.05) is 5.32 Å². The summed E-state index contributed by atoms with van der Waals surface area (Å²) in [6.07, 6.45) is 2.97. The fourth-order valence-electron chi connectivity index (χ4n) is 2.80. The number of anilines is 1. The first-order valence-electron chi connectivity index (χ1n) is 7.31. The summed E-state index contributed by atoms with van der Waals surface area (Å²) in [5.41, 5.74) is 3.38. The molecule has 1 aliphatic rings. The lowest BCUT2D eigenvalue weighted by molar-refractivity contribution is -0.115. The van der Waals surface area contributed by atoms with Gasteiger partial charge in [0.2, 0.25) is 0 Å². The predicted octanol–water partition coefficient (Wildman–Crippen LogP) is 4.00. The Balaban J connectivity index is 1.82. The van der Waals surface area contributed by atoms with E-state index >= 15 is 0 Å². The van der Waals surface area contributed by atoms with Crippen molar-refractivity contribution in [1.29, 1.82) is 5.26 Å². The molecule has 1 N–H and O–H groups in total. The van der Waals surface area contributed by atoms with E-state index in [4.69, 9.17) is 5.26 Å².